The van der Waals surface area contributed by atoms with E-state index in [1.54, 1.807) is 17.4 Å². The topological polar surface area (TPSA) is 83.6 Å². The monoisotopic (exact) mass is 498 g/mol. The van der Waals surface area contributed by atoms with Crippen molar-refractivity contribution in [2.75, 3.05) is 28.6 Å². The van der Waals surface area contributed by atoms with Crippen LogP contribution in [0.15, 0.2) is 35.7 Å². The molecular formula is C25H30N4O3S2. The first kappa shape index (κ1) is 24.2. The standard InChI is InChI=1S/C25H30N4O3S2/c1-16-21(34-23(26-16)29-12-6-5-7-13-29)22(30)27-19-15-17(20-9-8-14-33-20)10-11-18(19)28-24(31)32-25(2,3)4/h8-11,14-15H,5-7,12-13H2,1-4H3,(H,27,30)(H,28,31). The van der Waals surface area contributed by atoms with Crippen LogP contribution >= 0.6 is 22.7 Å². The molecule has 1 aliphatic heterocycles. The van der Waals surface area contributed by atoms with E-state index in [0.717, 1.165) is 41.5 Å². The molecule has 0 radical (unpaired) electrons. The van der Waals surface area contributed by atoms with Gasteiger partial charge in [-0.15, -0.1) is 11.3 Å². The van der Waals surface area contributed by atoms with E-state index in [1.807, 2.05) is 57.3 Å². The minimum absolute atomic E-state index is 0.242. The van der Waals surface area contributed by atoms with Gasteiger partial charge in [-0.2, -0.15) is 0 Å². The van der Waals surface area contributed by atoms with E-state index in [2.05, 4.69) is 20.5 Å². The third-order valence-electron chi connectivity index (χ3n) is 5.33. The highest BCUT2D eigenvalue weighted by molar-refractivity contribution is 7.17. The second kappa shape index (κ2) is 10.1. The maximum absolute atomic E-state index is 13.3. The summed E-state index contributed by atoms with van der Waals surface area (Å²) in [6.07, 6.45) is 2.96. The molecule has 34 heavy (non-hydrogen) atoms. The number of hydrogen-bond acceptors (Lipinski definition) is 7. The predicted molar refractivity (Wildman–Crippen MR) is 140 cm³/mol. The molecule has 9 heteroatoms. The van der Waals surface area contributed by atoms with Crippen molar-refractivity contribution in [2.45, 2.75) is 52.6 Å². The van der Waals surface area contributed by atoms with E-state index >= 15 is 0 Å². The van der Waals surface area contributed by atoms with Gasteiger partial charge in [0.15, 0.2) is 5.13 Å². The fraction of sp³-hybridized carbons (Fsp3) is 0.400. The van der Waals surface area contributed by atoms with Gasteiger partial charge in [-0.05, 0) is 76.1 Å². The van der Waals surface area contributed by atoms with Crippen LogP contribution in [-0.4, -0.2) is 35.7 Å². The van der Waals surface area contributed by atoms with E-state index in [0.29, 0.717) is 21.9 Å². The van der Waals surface area contributed by atoms with Crippen LogP contribution in [0.5, 0.6) is 0 Å². The van der Waals surface area contributed by atoms with Gasteiger partial charge in [0, 0.05) is 18.0 Å². The summed E-state index contributed by atoms with van der Waals surface area (Å²) in [5.41, 5.74) is 2.01. The SMILES string of the molecule is Cc1nc(N2CCCCC2)sc1C(=O)Nc1cc(-c2cccs2)ccc1NC(=O)OC(C)(C)C. The van der Waals surface area contributed by atoms with Crippen LogP contribution in [0.25, 0.3) is 10.4 Å². The van der Waals surface area contributed by atoms with Gasteiger partial charge in [0.05, 0.1) is 17.1 Å². The van der Waals surface area contributed by atoms with Gasteiger partial charge >= 0.3 is 6.09 Å². The third kappa shape index (κ3) is 5.95. The third-order valence-corrected chi connectivity index (χ3v) is 7.46. The van der Waals surface area contributed by atoms with Crippen LogP contribution < -0.4 is 15.5 Å². The first-order valence-corrected chi connectivity index (χ1v) is 13.1. The lowest BCUT2D eigenvalue weighted by Crippen LogP contribution is -2.29. The zero-order valence-electron chi connectivity index (χ0n) is 19.9. The minimum Gasteiger partial charge on any atom is -0.444 e. The molecule has 0 spiro atoms. The van der Waals surface area contributed by atoms with Crippen molar-refractivity contribution < 1.29 is 14.3 Å². The Hall–Kier alpha value is -2.91. The molecule has 1 aliphatic rings. The van der Waals surface area contributed by atoms with E-state index in [1.165, 1.54) is 17.8 Å². The predicted octanol–water partition coefficient (Wildman–Crippen LogP) is 6.77. The molecule has 0 saturated carbocycles. The zero-order chi connectivity index (χ0) is 24.3. The van der Waals surface area contributed by atoms with Crippen LogP contribution in [0.1, 0.15) is 55.4 Å². The Morgan fingerprint density at radius 3 is 2.50 bits per heavy atom. The van der Waals surface area contributed by atoms with Gasteiger partial charge < -0.3 is 15.0 Å². The average molecular weight is 499 g/mol. The van der Waals surface area contributed by atoms with Crippen molar-refractivity contribution in [3.63, 3.8) is 0 Å². The summed E-state index contributed by atoms with van der Waals surface area (Å²) in [7, 11) is 0. The zero-order valence-corrected chi connectivity index (χ0v) is 21.6. The minimum atomic E-state index is -0.630. The molecule has 4 rings (SSSR count). The molecule has 2 aromatic heterocycles. The fourth-order valence-corrected chi connectivity index (χ4v) is 5.50. The number of anilines is 3. The number of carbonyl (C=O) groups is 2. The molecule has 3 aromatic rings. The fourth-order valence-electron chi connectivity index (χ4n) is 3.76. The number of hydrogen-bond donors (Lipinski definition) is 2. The number of piperidine rings is 1. The van der Waals surface area contributed by atoms with Crippen LogP contribution in [-0.2, 0) is 4.74 Å². The summed E-state index contributed by atoms with van der Waals surface area (Å²) in [6.45, 7) is 9.23. The summed E-state index contributed by atoms with van der Waals surface area (Å²) in [4.78, 5) is 34.3. The first-order valence-electron chi connectivity index (χ1n) is 11.4. The number of thiophene rings is 1. The van der Waals surface area contributed by atoms with Crippen molar-refractivity contribution in [3.05, 3.63) is 46.3 Å². The number of amides is 2. The number of ether oxygens (including phenoxy) is 1. The number of benzene rings is 1. The maximum atomic E-state index is 13.3. The largest absolute Gasteiger partial charge is 0.444 e. The van der Waals surface area contributed by atoms with Crippen molar-refractivity contribution in [1.29, 1.82) is 0 Å². The van der Waals surface area contributed by atoms with Crippen LogP contribution in [0.3, 0.4) is 0 Å². The summed E-state index contributed by atoms with van der Waals surface area (Å²) >= 11 is 3.03. The molecule has 1 aromatic carbocycles. The van der Waals surface area contributed by atoms with E-state index in [9.17, 15) is 9.59 Å². The Morgan fingerprint density at radius 1 is 1.06 bits per heavy atom. The maximum Gasteiger partial charge on any atom is 0.412 e. The number of nitrogens with one attached hydrogen (secondary N) is 2. The number of carbonyl (C=O) groups excluding carboxylic acids is 2. The highest BCUT2D eigenvalue weighted by Gasteiger charge is 2.22. The molecule has 1 saturated heterocycles. The molecule has 0 bridgehead atoms. The molecule has 7 nitrogen and oxygen atoms in total. The Labute approximate surface area is 208 Å². The molecule has 1 fully saturated rings. The molecule has 2 amide bonds. The van der Waals surface area contributed by atoms with E-state index in [-0.39, 0.29) is 5.91 Å². The number of thiazole rings is 1. The normalized spacial score (nSPS) is 14.1. The summed E-state index contributed by atoms with van der Waals surface area (Å²) < 4.78 is 5.40. The van der Waals surface area contributed by atoms with Gasteiger partial charge in [0.25, 0.3) is 5.91 Å². The van der Waals surface area contributed by atoms with Gasteiger partial charge in [0.2, 0.25) is 0 Å². The molecule has 0 unspecified atom stereocenters. The Kier molecular flexibility index (Phi) is 7.23. The molecule has 0 atom stereocenters. The Morgan fingerprint density at radius 2 is 1.82 bits per heavy atom. The van der Waals surface area contributed by atoms with E-state index in [4.69, 9.17) is 4.74 Å². The van der Waals surface area contributed by atoms with Crippen LogP contribution in [0, 0.1) is 6.92 Å². The molecule has 180 valence electrons. The summed E-state index contributed by atoms with van der Waals surface area (Å²) in [5.74, 6) is -0.242. The van der Waals surface area contributed by atoms with Crippen molar-refractivity contribution in [2.24, 2.45) is 0 Å². The lowest BCUT2D eigenvalue weighted by atomic mass is 10.1. The highest BCUT2D eigenvalue weighted by Crippen LogP contribution is 2.34. The first-order chi connectivity index (χ1) is 16.2. The van der Waals surface area contributed by atoms with Crippen LogP contribution in [0.2, 0.25) is 0 Å². The average Bonchev–Trinajstić information content (AvgIpc) is 3.44. The Balaban J connectivity index is 1.60. The quantitative estimate of drug-likeness (QED) is 0.406. The van der Waals surface area contributed by atoms with Crippen LogP contribution in [0.4, 0.5) is 21.3 Å². The highest BCUT2D eigenvalue weighted by atomic mass is 32.1. The second-order valence-corrected chi connectivity index (χ2v) is 11.2. The van der Waals surface area contributed by atoms with Gasteiger partial charge in [0.1, 0.15) is 10.5 Å². The van der Waals surface area contributed by atoms with E-state index < -0.39 is 11.7 Å². The van der Waals surface area contributed by atoms with Crippen molar-refractivity contribution in [1.82, 2.24) is 4.98 Å². The lowest BCUT2D eigenvalue weighted by molar-refractivity contribution is 0.0635. The smallest absolute Gasteiger partial charge is 0.412 e. The van der Waals surface area contributed by atoms with Gasteiger partial charge in [-0.25, -0.2) is 9.78 Å². The second-order valence-electron chi connectivity index (χ2n) is 9.28. The van der Waals surface area contributed by atoms with Crippen molar-refractivity contribution in [3.8, 4) is 10.4 Å². The number of rotatable bonds is 5. The number of nitrogens with zero attached hydrogens (tertiary/aromatic N) is 2. The van der Waals surface area contributed by atoms with Crippen molar-refractivity contribution >= 4 is 51.2 Å². The Bertz CT molecular complexity index is 1160. The molecule has 3 heterocycles. The lowest BCUT2D eigenvalue weighted by Gasteiger charge is -2.25. The molecular weight excluding hydrogens is 468 g/mol. The van der Waals surface area contributed by atoms with Gasteiger partial charge in [-0.1, -0.05) is 23.5 Å². The van der Waals surface area contributed by atoms with Gasteiger partial charge in [-0.3, -0.25) is 10.1 Å². The molecule has 0 aliphatic carbocycles. The number of aryl methyl sites for hydroxylation is 1. The summed E-state index contributed by atoms with van der Waals surface area (Å²) in [6, 6.07) is 9.57. The summed E-state index contributed by atoms with van der Waals surface area (Å²) in [5, 5.41) is 8.67. The molecule has 2 N–H and O–H groups in total. The number of aromatic nitrogens is 1.